The smallest absolute Gasteiger partial charge is 0.407 e. The summed E-state index contributed by atoms with van der Waals surface area (Å²) >= 11 is 0. The summed E-state index contributed by atoms with van der Waals surface area (Å²) in [5.74, 6) is -0.0702. The lowest BCUT2D eigenvalue weighted by Gasteiger charge is -2.47. The van der Waals surface area contributed by atoms with Crippen LogP contribution in [0.4, 0.5) is 4.79 Å². The Labute approximate surface area is 181 Å². The maximum absolute atomic E-state index is 13.2. The zero-order valence-electron chi connectivity index (χ0n) is 18.0. The first-order valence-corrected chi connectivity index (χ1v) is 10.8. The highest BCUT2D eigenvalue weighted by Gasteiger charge is 2.50. The second-order valence-electron chi connectivity index (χ2n) is 9.38. The molecule has 1 atom stereocenters. The number of hydrogen-bond donors (Lipinski definition) is 1. The predicted octanol–water partition coefficient (Wildman–Crippen LogP) is 2.76. The number of ether oxygens (including phenoxy) is 1. The van der Waals surface area contributed by atoms with Crippen LogP contribution >= 0.6 is 0 Å². The highest BCUT2D eigenvalue weighted by Crippen LogP contribution is 2.47. The number of aromatic nitrogens is 2. The molecule has 31 heavy (non-hydrogen) atoms. The van der Waals surface area contributed by atoms with Crippen LogP contribution in [-0.2, 0) is 30.9 Å². The maximum Gasteiger partial charge on any atom is 0.407 e. The second kappa shape index (κ2) is 7.37. The van der Waals surface area contributed by atoms with E-state index in [4.69, 9.17) is 9.84 Å². The Bertz CT molecular complexity index is 1010. The molecule has 1 N–H and O–H groups in total. The summed E-state index contributed by atoms with van der Waals surface area (Å²) in [4.78, 5) is 28.0. The Morgan fingerprint density at radius 2 is 2.00 bits per heavy atom. The Hall–Kier alpha value is -2.87. The van der Waals surface area contributed by atoms with Crippen molar-refractivity contribution < 1.29 is 19.4 Å². The van der Waals surface area contributed by atoms with Crippen LogP contribution in [0.3, 0.4) is 0 Å². The molecule has 2 aliphatic heterocycles. The summed E-state index contributed by atoms with van der Waals surface area (Å²) in [6.45, 7) is 4.03. The van der Waals surface area contributed by atoms with Crippen molar-refractivity contribution in [3.8, 4) is 0 Å². The fourth-order valence-electron chi connectivity index (χ4n) is 5.40. The van der Waals surface area contributed by atoms with Crippen LogP contribution in [0.25, 0.3) is 0 Å². The van der Waals surface area contributed by atoms with Gasteiger partial charge in [0, 0.05) is 43.6 Å². The molecule has 3 aliphatic rings. The molecule has 1 aromatic carbocycles. The minimum absolute atomic E-state index is 0.0519. The van der Waals surface area contributed by atoms with E-state index < -0.39 is 6.09 Å². The van der Waals surface area contributed by atoms with Crippen molar-refractivity contribution in [3.63, 3.8) is 0 Å². The second-order valence-corrected chi connectivity index (χ2v) is 9.38. The molecule has 2 amide bonds. The third-order valence-corrected chi connectivity index (χ3v) is 6.99. The topological polar surface area (TPSA) is 87.9 Å². The SMILES string of the molecule is C[C@@H]1Cc2nn3c(c2CN1C(=O)O)C(=O)N(C)CC1(CC(OCc2ccccc2)C1)C3. The number of amides is 2. The molecule has 0 unspecified atom stereocenters. The van der Waals surface area contributed by atoms with Gasteiger partial charge in [-0.1, -0.05) is 30.3 Å². The van der Waals surface area contributed by atoms with Gasteiger partial charge in [0.15, 0.2) is 0 Å². The molecule has 8 nitrogen and oxygen atoms in total. The lowest BCUT2D eigenvalue weighted by molar-refractivity contribution is -0.101. The van der Waals surface area contributed by atoms with Gasteiger partial charge < -0.3 is 19.6 Å². The Balaban J connectivity index is 1.35. The number of carbonyl (C=O) groups excluding carboxylic acids is 1. The van der Waals surface area contributed by atoms with E-state index in [0.29, 0.717) is 31.8 Å². The molecule has 5 rings (SSSR count). The fraction of sp³-hybridized carbons (Fsp3) is 0.522. The van der Waals surface area contributed by atoms with Gasteiger partial charge in [0.25, 0.3) is 5.91 Å². The lowest BCUT2D eigenvalue weighted by Crippen LogP contribution is -2.50. The Kier molecular flexibility index (Phi) is 4.77. The molecule has 0 radical (unpaired) electrons. The van der Waals surface area contributed by atoms with Crippen molar-refractivity contribution in [1.82, 2.24) is 19.6 Å². The van der Waals surface area contributed by atoms with Crippen molar-refractivity contribution in [2.24, 2.45) is 5.41 Å². The zero-order valence-corrected chi connectivity index (χ0v) is 18.0. The van der Waals surface area contributed by atoms with Crippen molar-refractivity contribution >= 4 is 12.0 Å². The third-order valence-electron chi connectivity index (χ3n) is 6.99. The Morgan fingerprint density at radius 3 is 2.71 bits per heavy atom. The minimum Gasteiger partial charge on any atom is -0.465 e. The van der Waals surface area contributed by atoms with Crippen LogP contribution in [0.2, 0.25) is 0 Å². The summed E-state index contributed by atoms with van der Waals surface area (Å²) in [7, 11) is 1.83. The predicted molar refractivity (Wildman–Crippen MR) is 113 cm³/mol. The first-order valence-electron chi connectivity index (χ1n) is 10.8. The molecule has 2 aromatic rings. The van der Waals surface area contributed by atoms with Crippen molar-refractivity contribution in [3.05, 3.63) is 52.8 Å². The van der Waals surface area contributed by atoms with Gasteiger partial charge >= 0.3 is 6.09 Å². The van der Waals surface area contributed by atoms with Gasteiger partial charge in [-0.25, -0.2) is 4.79 Å². The normalized spacial score (nSPS) is 27.5. The van der Waals surface area contributed by atoms with E-state index in [0.717, 1.165) is 29.7 Å². The molecule has 164 valence electrons. The number of fused-ring (bicyclic) bond motifs is 3. The zero-order chi connectivity index (χ0) is 21.8. The lowest BCUT2D eigenvalue weighted by atomic mass is 9.66. The quantitative estimate of drug-likeness (QED) is 0.819. The van der Waals surface area contributed by atoms with Crippen molar-refractivity contribution in [2.45, 2.75) is 58.0 Å². The Morgan fingerprint density at radius 1 is 1.26 bits per heavy atom. The number of rotatable bonds is 3. The monoisotopic (exact) mass is 424 g/mol. The molecule has 1 spiro atoms. The van der Waals surface area contributed by atoms with E-state index in [-0.39, 0.29) is 30.0 Å². The van der Waals surface area contributed by atoms with Crippen LogP contribution in [0.5, 0.6) is 0 Å². The molecular formula is C23H28N4O4. The van der Waals surface area contributed by atoms with Crippen molar-refractivity contribution in [1.29, 1.82) is 0 Å². The molecule has 1 saturated carbocycles. The van der Waals surface area contributed by atoms with E-state index in [1.807, 2.05) is 36.9 Å². The van der Waals surface area contributed by atoms with Crippen LogP contribution in [0.1, 0.15) is 47.1 Å². The van der Waals surface area contributed by atoms with Gasteiger partial charge in [-0.05, 0) is 25.3 Å². The van der Waals surface area contributed by atoms with E-state index in [9.17, 15) is 14.7 Å². The fourth-order valence-corrected chi connectivity index (χ4v) is 5.40. The summed E-state index contributed by atoms with van der Waals surface area (Å²) < 4.78 is 7.96. The van der Waals surface area contributed by atoms with Gasteiger partial charge in [-0.3, -0.25) is 9.48 Å². The average Bonchev–Trinajstić information content (AvgIpc) is 3.00. The molecule has 1 fully saturated rings. The van der Waals surface area contributed by atoms with Crippen LogP contribution < -0.4 is 0 Å². The van der Waals surface area contributed by atoms with Gasteiger partial charge in [-0.2, -0.15) is 5.10 Å². The van der Waals surface area contributed by atoms with E-state index in [1.165, 1.54) is 4.90 Å². The van der Waals surface area contributed by atoms with Gasteiger partial charge in [0.2, 0.25) is 0 Å². The first-order chi connectivity index (χ1) is 14.8. The van der Waals surface area contributed by atoms with E-state index in [1.54, 1.807) is 4.90 Å². The largest absolute Gasteiger partial charge is 0.465 e. The van der Waals surface area contributed by atoms with Crippen LogP contribution in [0.15, 0.2) is 30.3 Å². The van der Waals surface area contributed by atoms with E-state index in [2.05, 4.69) is 12.1 Å². The number of carbonyl (C=O) groups is 2. The summed E-state index contributed by atoms with van der Waals surface area (Å²) in [5.41, 5.74) is 3.29. The van der Waals surface area contributed by atoms with Crippen LogP contribution in [0, 0.1) is 5.41 Å². The maximum atomic E-state index is 13.2. The number of benzene rings is 1. The highest BCUT2D eigenvalue weighted by atomic mass is 16.5. The average molecular weight is 425 g/mol. The molecule has 3 heterocycles. The third kappa shape index (κ3) is 3.48. The molecule has 0 bridgehead atoms. The number of carboxylic acid groups (broad SMARTS) is 1. The molecule has 8 heteroatoms. The molecule has 1 aromatic heterocycles. The summed E-state index contributed by atoms with van der Waals surface area (Å²) in [5, 5.41) is 14.3. The van der Waals surface area contributed by atoms with Gasteiger partial charge in [-0.15, -0.1) is 0 Å². The van der Waals surface area contributed by atoms with Gasteiger partial charge in [0.1, 0.15) is 5.69 Å². The first kappa shape index (κ1) is 20.1. The summed E-state index contributed by atoms with van der Waals surface area (Å²) in [6, 6.07) is 10.0. The molecule has 1 aliphatic carbocycles. The highest BCUT2D eigenvalue weighted by molar-refractivity contribution is 5.94. The van der Waals surface area contributed by atoms with Crippen molar-refractivity contribution in [2.75, 3.05) is 13.6 Å². The van der Waals surface area contributed by atoms with Gasteiger partial charge in [0.05, 0.1) is 24.9 Å². The molecule has 0 saturated heterocycles. The molecular weight excluding hydrogens is 396 g/mol. The number of hydrogen-bond acceptors (Lipinski definition) is 4. The van der Waals surface area contributed by atoms with E-state index >= 15 is 0 Å². The van der Waals surface area contributed by atoms with Crippen LogP contribution in [-0.4, -0.2) is 62.4 Å². The summed E-state index contributed by atoms with van der Waals surface area (Å²) in [6.07, 6.45) is 1.53. The number of nitrogens with zero attached hydrogens (tertiary/aromatic N) is 4. The minimum atomic E-state index is -0.957. The standard InChI is InChI=1S/C23H28N4O4/c1-15-8-19-18(11-26(15)22(29)30)20-21(28)25(2)13-23(14-27(20)24-19)9-17(10-23)31-12-16-6-4-3-5-7-16/h3-7,15,17H,8-14H2,1-2H3,(H,29,30)/t15-,17?,23?/m1/s1.